The van der Waals surface area contributed by atoms with Gasteiger partial charge in [-0.2, -0.15) is 0 Å². The van der Waals surface area contributed by atoms with Gasteiger partial charge >= 0.3 is 0 Å². The number of rotatable bonds is 10. The lowest BCUT2D eigenvalue weighted by molar-refractivity contribution is -0.344. The minimum atomic E-state index is -1.78. The fourth-order valence-electron chi connectivity index (χ4n) is 3.45. The number of aliphatic hydroxyl groups excluding tert-OH is 5. The van der Waals surface area contributed by atoms with E-state index >= 15 is 0 Å². The quantitative estimate of drug-likeness (QED) is 0.0853. The van der Waals surface area contributed by atoms with Gasteiger partial charge in [0.15, 0.2) is 12.6 Å². The number of hydrogen-bond donors (Lipinski definition) is 6. The summed E-state index contributed by atoms with van der Waals surface area (Å²) in [6.07, 6.45) is -13.6. The Labute approximate surface area is 182 Å². The van der Waals surface area contributed by atoms with Gasteiger partial charge in [-0.05, 0) is 12.0 Å². The van der Waals surface area contributed by atoms with Crippen LogP contribution in [-0.2, 0) is 23.7 Å². The second kappa shape index (κ2) is 12.6. The molecule has 2 aliphatic rings. The van der Waals surface area contributed by atoms with Crippen molar-refractivity contribution in [1.82, 2.24) is 5.32 Å². The normalized spacial score (nSPS) is 39.8. The lowest BCUT2D eigenvalue weighted by Gasteiger charge is -2.47. The largest absolute Gasteiger partial charge is 0.394 e. The predicted octanol–water partition coefficient (Wildman–Crippen LogP) is -2.55. The molecule has 32 heavy (non-hydrogen) atoms. The van der Waals surface area contributed by atoms with Crippen LogP contribution >= 0.6 is 0 Å². The molecule has 2 fully saturated rings. The zero-order chi connectivity index (χ0) is 23.8. The monoisotopic (exact) mass is 468 g/mol. The van der Waals surface area contributed by atoms with Gasteiger partial charge in [-0.25, -0.2) is 4.39 Å². The van der Waals surface area contributed by atoms with Crippen molar-refractivity contribution in [2.45, 2.75) is 74.7 Å². The van der Waals surface area contributed by atoms with Crippen LogP contribution in [0.5, 0.6) is 0 Å². The number of azide groups is 1. The molecule has 0 saturated carbocycles. The molecule has 2 saturated heterocycles. The number of amides is 1. The number of nitrogens with one attached hydrogen (secondary N) is 1. The Hall–Kier alpha value is -1.65. The average molecular weight is 468 g/mol. The van der Waals surface area contributed by atoms with Crippen LogP contribution in [0.25, 0.3) is 10.4 Å². The molecule has 6 N–H and O–H groups in total. The van der Waals surface area contributed by atoms with Crippen molar-refractivity contribution < 1.29 is 53.7 Å². The zero-order valence-electron chi connectivity index (χ0n) is 17.3. The molecule has 184 valence electrons. The van der Waals surface area contributed by atoms with Crippen molar-refractivity contribution in [2.24, 2.45) is 5.11 Å². The van der Waals surface area contributed by atoms with Crippen molar-refractivity contribution >= 4 is 5.91 Å². The first-order chi connectivity index (χ1) is 15.2. The van der Waals surface area contributed by atoms with E-state index in [1.807, 2.05) is 0 Å². The molecule has 14 nitrogen and oxygen atoms in total. The highest BCUT2D eigenvalue weighted by atomic mass is 19.1. The number of ether oxygens (including phenoxy) is 4. The zero-order valence-corrected chi connectivity index (χ0v) is 17.3. The maximum absolute atomic E-state index is 13.5. The summed E-state index contributed by atoms with van der Waals surface area (Å²) < 4.78 is 35.4. The smallest absolute Gasteiger partial charge is 0.217 e. The van der Waals surface area contributed by atoms with Gasteiger partial charge < -0.3 is 49.8 Å². The van der Waals surface area contributed by atoms with Gasteiger partial charge in [-0.1, -0.05) is 5.11 Å². The average Bonchev–Trinajstić information content (AvgIpc) is 2.76. The second-order valence-electron chi connectivity index (χ2n) is 7.39. The van der Waals surface area contributed by atoms with E-state index in [-0.39, 0.29) is 19.6 Å². The molecule has 2 aliphatic heterocycles. The van der Waals surface area contributed by atoms with E-state index in [2.05, 4.69) is 15.3 Å². The predicted molar refractivity (Wildman–Crippen MR) is 101 cm³/mol. The number of nitrogens with zero attached hydrogens (tertiary/aromatic N) is 3. The van der Waals surface area contributed by atoms with E-state index in [9.17, 15) is 34.7 Å². The van der Waals surface area contributed by atoms with Crippen LogP contribution in [0.3, 0.4) is 0 Å². The Balaban J connectivity index is 2.22. The lowest BCUT2D eigenvalue weighted by Crippen LogP contribution is -2.68. The Bertz CT molecular complexity index is 655. The highest BCUT2D eigenvalue weighted by Crippen LogP contribution is 2.30. The number of halogens is 1. The minimum absolute atomic E-state index is 0.00163. The summed E-state index contributed by atoms with van der Waals surface area (Å²) >= 11 is 0. The molecular formula is C17H29FN4O10. The number of hydrogen-bond acceptors (Lipinski definition) is 11. The first-order valence-electron chi connectivity index (χ1n) is 10.00. The molecule has 15 heteroatoms. The third kappa shape index (κ3) is 6.45. The molecule has 2 rings (SSSR count). The third-order valence-corrected chi connectivity index (χ3v) is 5.08. The standard InChI is InChI=1S/C17H29FN4O10/c1-7(24)21-10-15(32-17-14(28)13(27)11(25)9(6-23)31-17)12(26)8(5-18)30-16(10)29-4-2-3-20-22-19/h8-17,23,25-28H,2-6H2,1H3,(H,21,24)/t8-,9-,10-,11+,12+,13+,14-,15-,16+,17+/m1/s1. The summed E-state index contributed by atoms with van der Waals surface area (Å²) in [4.78, 5) is 14.4. The fraction of sp³-hybridized carbons (Fsp3) is 0.941. The van der Waals surface area contributed by atoms with Gasteiger partial charge in [0.25, 0.3) is 0 Å². The van der Waals surface area contributed by atoms with Crippen molar-refractivity contribution in [3.8, 4) is 0 Å². The number of aliphatic hydroxyl groups is 5. The van der Waals surface area contributed by atoms with E-state index in [0.29, 0.717) is 0 Å². The highest BCUT2D eigenvalue weighted by molar-refractivity contribution is 5.73. The van der Waals surface area contributed by atoms with Crippen LogP contribution in [-0.4, -0.2) is 119 Å². The second-order valence-corrected chi connectivity index (χ2v) is 7.39. The molecule has 0 aromatic heterocycles. The summed E-state index contributed by atoms with van der Waals surface area (Å²) in [6, 6.07) is -1.20. The van der Waals surface area contributed by atoms with Crippen LogP contribution in [0.4, 0.5) is 4.39 Å². The van der Waals surface area contributed by atoms with Crippen LogP contribution in [0.1, 0.15) is 13.3 Å². The molecule has 0 aliphatic carbocycles. The molecule has 10 atom stereocenters. The maximum atomic E-state index is 13.5. The first kappa shape index (κ1) is 26.6. The summed E-state index contributed by atoms with van der Waals surface area (Å²) in [7, 11) is 0. The number of carbonyl (C=O) groups excluding carboxylic acids is 1. The SMILES string of the molecule is CC(=O)N[C@H]1[C@@H](OCCCN=[N+]=[N-])O[C@H](CF)[C@H](O)[C@@H]1O[C@@H]1O[C@H](CO)[C@H](O)[C@H](O)[C@H]1O. The van der Waals surface area contributed by atoms with Gasteiger partial charge in [0.2, 0.25) is 5.91 Å². The Morgan fingerprint density at radius 2 is 1.81 bits per heavy atom. The van der Waals surface area contributed by atoms with Crippen LogP contribution in [0.15, 0.2) is 5.11 Å². The number of alkyl halides is 1. The molecular weight excluding hydrogens is 439 g/mol. The fourth-order valence-corrected chi connectivity index (χ4v) is 3.45. The van der Waals surface area contributed by atoms with E-state index in [0.717, 1.165) is 0 Å². The van der Waals surface area contributed by atoms with Crippen LogP contribution in [0, 0.1) is 0 Å². The number of carbonyl (C=O) groups is 1. The van der Waals surface area contributed by atoms with Crippen molar-refractivity contribution in [2.75, 3.05) is 26.4 Å². The molecule has 0 unspecified atom stereocenters. The van der Waals surface area contributed by atoms with Crippen LogP contribution < -0.4 is 5.32 Å². The van der Waals surface area contributed by atoms with Crippen molar-refractivity contribution in [3.63, 3.8) is 0 Å². The molecule has 1 amide bonds. The van der Waals surface area contributed by atoms with E-state index < -0.39 is 80.5 Å². The lowest BCUT2D eigenvalue weighted by atomic mass is 9.95. The molecule has 0 bridgehead atoms. The first-order valence-corrected chi connectivity index (χ1v) is 10.00. The van der Waals surface area contributed by atoms with E-state index in [4.69, 9.17) is 24.5 Å². The molecule has 0 spiro atoms. The van der Waals surface area contributed by atoms with Gasteiger partial charge in [-0.3, -0.25) is 4.79 Å². The van der Waals surface area contributed by atoms with Crippen molar-refractivity contribution in [3.05, 3.63) is 10.4 Å². The van der Waals surface area contributed by atoms with Gasteiger partial charge in [-0.15, -0.1) is 0 Å². The topological polar surface area (TPSA) is 216 Å². The van der Waals surface area contributed by atoms with E-state index in [1.54, 1.807) is 0 Å². The Morgan fingerprint density at radius 1 is 1.12 bits per heavy atom. The maximum Gasteiger partial charge on any atom is 0.217 e. The molecule has 0 aromatic carbocycles. The van der Waals surface area contributed by atoms with E-state index in [1.165, 1.54) is 6.92 Å². The summed E-state index contributed by atoms with van der Waals surface area (Å²) in [5, 5.41) is 55.9. The summed E-state index contributed by atoms with van der Waals surface area (Å²) in [5.74, 6) is -0.561. The molecule has 0 aromatic rings. The minimum Gasteiger partial charge on any atom is -0.394 e. The summed E-state index contributed by atoms with van der Waals surface area (Å²) in [5.41, 5.74) is 8.31. The van der Waals surface area contributed by atoms with Gasteiger partial charge in [0, 0.05) is 25.0 Å². The highest BCUT2D eigenvalue weighted by Gasteiger charge is 2.51. The van der Waals surface area contributed by atoms with Gasteiger partial charge in [0.1, 0.15) is 55.4 Å². The molecule has 2 heterocycles. The van der Waals surface area contributed by atoms with Gasteiger partial charge in [0.05, 0.1) is 6.61 Å². The third-order valence-electron chi connectivity index (χ3n) is 5.08. The Morgan fingerprint density at radius 3 is 2.41 bits per heavy atom. The Kier molecular flexibility index (Phi) is 10.4. The van der Waals surface area contributed by atoms with Crippen molar-refractivity contribution in [1.29, 1.82) is 0 Å². The molecule has 0 radical (unpaired) electrons. The van der Waals surface area contributed by atoms with Crippen LogP contribution in [0.2, 0.25) is 0 Å². The summed E-state index contributed by atoms with van der Waals surface area (Å²) in [6.45, 7) is -0.547.